The van der Waals surface area contributed by atoms with Crippen molar-refractivity contribution in [1.82, 2.24) is 4.98 Å². The van der Waals surface area contributed by atoms with E-state index in [0.29, 0.717) is 25.0 Å². The number of pyridine rings is 1. The molecule has 0 bridgehead atoms. The summed E-state index contributed by atoms with van der Waals surface area (Å²) in [6.45, 7) is 1.86. The lowest BCUT2D eigenvalue weighted by atomic mass is 10.0. The first-order chi connectivity index (χ1) is 14.9. The Morgan fingerprint density at radius 2 is 1.71 bits per heavy atom. The van der Waals surface area contributed by atoms with Crippen LogP contribution < -0.4 is 4.74 Å². The Kier molecular flexibility index (Phi) is 7.16. The van der Waals surface area contributed by atoms with Crippen molar-refractivity contribution in [2.24, 2.45) is 4.99 Å². The topological polar surface area (TPSA) is 92.4 Å². The maximum atomic E-state index is 13.0. The Morgan fingerprint density at radius 3 is 2.35 bits per heavy atom. The van der Waals surface area contributed by atoms with Crippen LogP contribution in [-0.2, 0) is 22.7 Å². The van der Waals surface area contributed by atoms with E-state index in [1.807, 2.05) is 25.2 Å². The van der Waals surface area contributed by atoms with Gasteiger partial charge in [0.15, 0.2) is 0 Å². The third-order valence-corrected chi connectivity index (χ3v) is 6.76. The zero-order valence-electron chi connectivity index (χ0n) is 17.4. The highest BCUT2D eigenvalue weighted by molar-refractivity contribution is 7.91. The second-order valence-electron chi connectivity index (χ2n) is 7.09. The fourth-order valence-corrected chi connectivity index (χ4v) is 4.49. The molecule has 0 atom stereocenters. The minimum absolute atomic E-state index is 0.198. The van der Waals surface area contributed by atoms with E-state index in [2.05, 4.69) is 9.98 Å². The SMILES string of the molecule is COc1cc(S(=O)(=O)c2ccc(CCC(Cc3ccncc3)=NC#N)cc2)ccc1C. The zero-order valence-corrected chi connectivity index (χ0v) is 18.3. The van der Waals surface area contributed by atoms with Gasteiger partial charge in [0.25, 0.3) is 0 Å². The summed E-state index contributed by atoms with van der Waals surface area (Å²) in [5.41, 5.74) is 3.66. The van der Waals surface area contributed by atoms with Crippen molar-refractivity contribution in [1.29, 1.82) is 5.26 Å². The molecular weight excluding hydrogens is 410 g/mol. The number of benzene rings is 2. The summed E-state index contributed by atoms with van der Waals surface area (Å²) in [6, 6.07) is 15.5. The van der Waals surface area contributed by atoms with Gasteiger partial charge in [-0.2, -0.15) is 10.3 Å². The van der Waals surface area contributed by atoms with Gasteiger partial charge < -0.3 is 4.74 Å². The van der Waals surface area contributed by atoms with Crippen LogP contribution in [0.3, 0.4) is 0 Å². The molecule has 0 saturated heterocycles. The Labute approximate surface area is 182 Å². The van der Waals surface area contributed by atoms with Gasteiger partial charge >= 0.3 is 0 Å². The van der Waals surface area contributed by atoms with Gasteiger partial charge in [-0.25, -0.2) is 8.42 Å². The maximum absolute atomic E-state index is 13.0. The normalized spacial score (nSPS) is 11.7. The Hall–Kier alpha value is -3.50. The molecule has 0 radical (unpaired) electrons. The minimum Gasteiger partial charge on any atom is -0.496 e. The van der Waals surface area contributed by atoms with Crippen LogP contribution in [0.4, 0.5) is 0 Å². The fourth-order valence-electron chi connectivity index (χ4n) is 3.22. The largest absolute Gasteiger partial charge is 0.496 e. The second kappa shape index (κ2) is 10.0. The average Bonchev–Trinajstić information content (AvgIpc) is 2.79. The summed E-state index contributed by atoms with van der Waals surface area (Å²) >= 11 is 0. The van der Waals surface area contributed by atoms with Crippen LogP contribution in [0.1, 0.15) is 23.1 Å². The fraction of sp³-hybridized carbons (Fsp3) is 0.208. The smallest absolute Gasteiger partial charge is 0.206 e. The van der Waals surface area contributed by atoms with Crippen molar-refractivity contribution in [2.45, 2.75) is 36.0 Å². The number of aryl methyl sites for hydroxylation is 2. The van der Waals surface area contributed by atoms with E-state index in [1.54, 1.807) is 54.9 Å². The van der Waals surface area contributed by atoms with Crippen molar-refractivity contribution in [2.75, 3.05) is 7.11 Å². The van der Waals surface area contributed by atoms with E-state index < -0.39 is 9.84 Å². The third-order valence-electron chi connectivity index (χ3n) is 4.99. The average molecular weight is 434 g/mol. The quantitative estimate of drug-likeness (QED) is 0.389. The van der Waals surface area contributed by atoms with Crippen LogP contribution in [0.25, 0.3) is 0 Å². The third kappa shape index (κ3) is 5.56. The molecule has 3 aromatic rings. The first kappa shape index (κ1) is 22.2. The minimum atomic E-state index is -3.64. The molecule has 2 aromatic carbocycles. The summed E-state index contributed by atoms with van der Waals surface area (Å²) < 4.78 is 31.2. The van der Waals surface area contributed by atoms with Gasteiger partial charge in [0.2, 0.25) is 16.0 Å². The van der Waals surface area contributed by atoms with E-state index in [9.17, 15) is 8.42 Å². The van der Waals surface area contributed by atoms with E-state index in [-0.39, 0.29) is 9.79 Å². The highest BCUT2D eigenvalue weighted by atomic mass is 32.2. The summed E-state index contributed by atoms with van der Waals surface area (Å²) in [5, 5.41) is 8.98. The number of aliphatic imine (C=N–C) groups is 1. The van der Waals surface area contributed by atoms with Crippen molar-refractivity contribution in [3.8, 4) is 11.9 Å². The molecule has 3 rings (SSSR count). The number of ether oxygens (including phenoxy) is 1. The van der Waals surface area contributed by atoms with Gasteiger partial charge in [-0.3, -0.25) is 4.98 Å². The van der Waals surface area contributed by atoms with E-state index in [4.69, 9.17) is 10.00 Å². The molecule has 158 valence electrons. The summed E-state index contributed by atoms with van der Waals surface area (Å²) in [7, 11) is -2.12. The predicted molar refractivity (Wildman–Crippen MR) is 119 cm³/mol. The molecule has 1 heterocycles. The summed E-state index contributed by atoms with van der Waals surface area (Å²) in [5.74, 6) is 0.538. The number of nitriles is 1. The van der Waals surface area contributed by atoms with Gasteiger partial charge in [-0.15, -0.1) is 0 Å². The Balaban J connectivity index is 1.72. The molecule has 7 heteroatoms. The molecule has 0 spiro atoms. The molecule has 0 N–H and O–H groups in total. The highest BCUT2D eigenvalue weighted by Gasteiger charge is 2.19. The van der Waals surface area contributed by atoms with Crippen molar-refractivity contribution in [3.63, 3.8) is 0 Å². The van der Waals surface area contributed by atoms with Crippen molar-refractivity contribution in [3.05, 3.63) is 83.7 Å². The van der Waals surface area contributed by atoms with Gasteiger partial charge in [0.05, 0.1) is 16.9 Å². The first-order valence-electron chi connectivity index (χ1n) is 9.76. The standard InChI is InChI=1S/C24H23N3O3S/c1-18-3-8-23(16-24(18)30-2)31(28,29)22-9-5-19(6-10-22)4-7-21(27-17-25)15-20-11-13-26-14-12-20/h3,5-6,8-14,16H,4,7,15H2,1-2H3. The highest BCUT2D eigenvalue weighted by Crippen LogP contribution is 2.27. The molecule has 0 aliphatic heterocycles. The summed E-state index contributed by atoms with van der Waals surface area (Å²) in [4.78, 5) is 8.37. The Bertz CT molecular complexity index is 1210. The molecule has 1 aromatic heterocycles. The molecule has 6 nitrogen and oxygen atoms in total. The molecule has 0 amide bonds. The molecular formula is C24H23N3O3S. The number of rotatable bonds is 8. The number of methoxy groups -OCH3 is 1. The molecule has 0 unspecified atom stereocenters. The van der Waals surface area contributed by atoms with E-state index >= 15 is 0 Å². The number of hydrogen-bond donors (Lipinski definition) is 0. The van der Waals surface area contributed by atoms with Crippen LogP contribution in [0.2, 0.25) is 0 Å². The predicted octanol–water partition coefficient (Wildman–Crippen LogP) is 4.33. The van der Waals surface area contributed by atoms with Crippen molar-refractivity contribution >= 4 is 15.5 Å². The second-order valence-corrected chi connectivity index (χ2v) is 9.04. The van der Waals surface area contributed by atoms with Gasteiger partial charge in [-0.1, -0.05) is 18.2 Å². The van der Waals surface area contributed by atoms with Crippen LogP contribution in [0.5, 0.6) is 5.75 Å². The van der Waals surface area contributed by atoms with Gasteiger partial charge in [0, 0.05) is 24.5 Å². The first-order valence-corrected chi connectivity index (χ1v) is 11.2. The number of sulfone groups is 1. The Morgan fingerprint density at radius 1 is 1.03 bits per heavy atom. The molecule has 0 saturated carbocycles. The lowest BCUT2D eigenvalue weighted by molar-refractivity contribution is 0.410. The maximum Gasteiger partial charge on any atom is 0.206 e. The number of hydrogen-bond acceptors (Lipinski definition) is 6. The number of aromatic nitrogens is 1. The monoisotopic (exact) mass is 433 g/mol. The van der Waals surface area contributed by atoms with Gasteiger partial charge in [0.1, 0.15) is 5.75 Å². The number of nitrogens with zero attached hydrogens (tertiary/aromatic N) is 3. The van der Waals surface area contributed by atoms with Gasteiger partial charge in [-0.05, 0) is 72.9 Å². The molecule has 0 aliphatic carbocycles. The van der Waals surface area contributed by atoms with Crippen LogP contribution >= 0.6 is 0 Å². The van der Waals surface area contributed by atoms with E-state index in [1.165, 1.54) is 7.11 Å². The lowest BCUT2D eigenvalue weighted by Gasteiger charge is -2.10. The molecule has 0 fully saturated rings. The lowest BCUT2D eigenvalue weighted by Crippen LogP contribution is -2.06. The van der Waals surface area contributed by atoms with Crippen LogP contribution in [0, 0.1) is 18.4 Å². The molecule has 31 heavy (non-hydrogen) atoms. The van der Waals surface area contributed by atoms with Crippen LogP contribution in [-0.4, -0.2) is 26.2 Å². The zero-order chi connectivity index (χ0) is 22.3. The van der Waals surface area contributed by atoms with Crippen molar-refractivity contribution < 1.29 is 13.2 Å². The van der Waals surface area contributed by atoms with Crippen LogP contribution in [0.15, 0.2) is 81.8 Å². The van der Waals surface area contributed by atoms with E-state index in [0.717, 1.165) is 22.4 Å². The molecule has 0 aliphatic rings. The summed E-state index contributed by atoms with van der Waals surface area (Å²) in [6.07, 6.45) is 7.13.